The summed E-state index contributed by atoms with van der Waals surface area (Å²) in [5, 5.41) is 5.74. The lowest BCUT2D eigenvalue weighted by Gasteiger charge is -2.21. The van der Waals surface area contributed by atoms with E-state index in [4.69, 9.17) is 4.98 Å². The van der Waals surface area contributed by atoms with Crippen LogP contribution >= 0.6 is 11.3 Å². The molecular weight excluding hydrogens is 300 g/mol. The highest BCUT2D eigenvalue weighted by Crippen LogP contribution is 2.35. The quantitative estimate of drug-likeness (QED) is 0.906. The summed E-state index contributed by atoms with van der Waals surface area (Å²) in [6, 6.07) is 7.75. The second-order valence-corrected chi connectivity index (χ2v) is 6.34. The number of carbonyl (C=O) groups is 2. The molecule has 116 valence electrons. The highest BCUT2D eigenvalue weighted by Gasteiger charge is 2.30. The Bertz CT molecular complexity index is 667. The van der Waals surface area contributed by atoms with Gasteiger partial charge in [-0.25, -0.2) is 9.78 Å². The van der Waals surface area contributed by atoms with Gasteiger partial charge in [0.1, 0.15) is 5.01 Å². The Kier molecular flexibility index (Phi) is 4.35. The van der Waals surface area contributed by atoms with E-state index >= 15 is 0 Å². The number of nitrogens with zero attached hydrogens (tertiary/aromatic N) is 2. The Hall–Kier alpha value is -1.99. The Morgan fingerprint density at radius 3 is 3.00 bits per heavy atom. The fraction of sp³-hybridized carbons (Fsp3) is 0.400. The molecule has 2 heterocycles. The number of hydrogen-bond donors (Lipinski definition) is 2. The minimum Gasteiger partial charge on any atom is -0.341 e. The standard InChI is InChI=1S/C15H18N4O2S/c1-16-15(21)18-13(20)9-19-8-4-6-11(19)14-17-10-5-2-3-7-12(10)22-14/h2-3,5,7,11H,4,6,8-9H2,1H3,(H2,16,18,20,21)/t11-/m0/s1. The lowest BCUT2D eigenvalue weighted by atomic mass is 10.2. The van der Waals surface area contributed by atoms with Crippen LogP contribution in [0, 0.1) is 0 Å². The second-order valence-electron chi connectivity index (χ2n) is 5.28. The van der Waals surface area contributed by atoms with E-state index in [2.05, 4.69) is 21.6 Å². The van der Waals surface area contributed by atoms with E-state index in [9.17, 15) is 9.59 Å². The molecule has 3 amide bonds. The summed E-state index contributed by atoms with van der Waals surface area (Å²) in [5.41, 5.74) is 1.00. The molecular formula is C15H18N4O2S. The molecule has 0 unspecified atom stereocenters. The molecule has 0 aliphatic carbocycles. The highest BCUT2D eigenvalue weighted by molar-refractivity contribution is 7.18. The maximum Gasteiger partial charge on any atom is 0.321 e. The number of fused-ring (bicyclic) bond motifs is 1. The molecule has 2 N–H and O–H groups in total. The summed E-state index contributed by atoms with van der Waals surface area (Å²) >= 11 is 1.68. The lowest BCUT2D eigenvalue weighted by Crippen LogP contribution is -2.43. The maximum atomic E-state index is 11.9. The van der Waals surface area contributed by atoms with E-state index in [1.54, 1.807) is 11.3 Å². The van der Waals surface area contributed by atoms with Crippen LogP contribution in [0.1, 0.15) is 23.9 Å². The summed E-state index contributed by atoms with van der Waals surface area (Å²) in [7, 11) is 1.49. The smallest absolute Gasteiger partial charge is 0.321 e. The molecule has 1 aliphatic rings. The van der Waals surface area contributed by atoms with Crippen LogP contribution in [0.2, 0.25) is 0 Å². The lowest BCUT2D eigenvalue weighted by molar-refractivity contribution is -0.121. The van der Waals surface area contributed by atoms with Crippen molar-refractivity contribution < 1.29 is 9.59 Å². The average Bonchev–Trinajstić information content (AvgIpc) is 3.12. The number of carbonyl (C=O) groups excluding carboxylic acids is 2. The van der Waals surface area contributed by atoms with Crippen molar-refractivity contribution in [3.05, 3.63) is 29.3 Å². The van der Waals surface area contributed by atoms with Crippen molar-refractivity contribution in [1.82, 2.24) is 20.5 Å². The summed E-state index contributed by atoms with van der Waals surface area (Å²) in [6.45, 7) is 1.07. The SMILES string of the molecule is CNC(=O)NC(=O)CN1CCC[C@H]1c1nc2ccccc2s1. The van der Waals surface area contributed by atoms with E-state index in [0.29, 0.717) is 0 Å². The Morgan fingerprint density at radius 2 is 2.23 bits per heavy atom. The van der Waals surface area contributed by atoms with Crippen LogP contribution in [0.3, 0.4) is 0 Å². The van der Waals surface area contributed by atoms with E-state index in [0.717, 1.165) is 29.9 Å². The first-order chi connectivity index (χ1) is 10.7. The number of imide groups is 1. The fourth-order valence-electron chi connectivity index (χ4n) is 2.74. The highest BCUT2D eigenvalue weighted by atomic mass is 32.1. The summed E-state index contributed by atoms with van der Waals surface area (Å²) in [5.74, 6) is -0.285. The number of urea groups is 1. The van der Waals surface area contributed by atoms with Crippen LogP contribution < -0.4 is 10.6 Å². The number of para-hydroxylation sites is 1. The van der Waals surface area contributed by atoms with Crippen molar-refractivity contribution in [1.29, 1.82) is 0 Å². The number of benzene rings is 1. The van der Waals surface area contributed by atoms with Crippen LogP contribution in [0.25, 0.3) is 10.2 Å². The molecule has 1 saturated heterocycles. The van der Waals surface area contributed by atoms with Gasteiger partial charge >= 0.3 is 6.03 Å². The molecule has 7 heteroatoms. The molecule has 6 nitrogen and oxygen atoms in total. The van der Waals surface area contributed by atoms with E-state index < -0.39 is 6.03 Å². The van der Waals surface area contributed by atoms with E-state index in [1.165, 1.54) is 11.7 Å². The first kappa shape index (κ1) is 14.9. The Balaban J connectivity index is 1.72. The van der Waals surface area contributed by atoms with Crippen LogP contribution in [-0.4, -0.2) is 42.0 Å². The molecule has 1 aliphatic heterocycles. The van der Waals surface area contributed by atoms with Gasteiger partial charge in [-0.1, -0.05) is 12.1 Å². The van der Waals surface area contributed by atoms with Crippen molar-refractivity contribution >= 4 is 33.5 Å². The van der Waals surface area contributed by atoms with Gasteiger partial charge in [0, 0.05) is 7.05 Å². The Labute approximate surface area is 132 Å². The zero-order valence-corrected chi connectivity index (χ0v) is 13.2. The third-order valence-corrected chi connectivity index (χ3v) is 4.92. The molecule has 3 rings (SSSR count). The van der Waals surface area contributed by atoms with Crippen LogP contribution in [0.15, 0.2) is 24.3 Å². The zero-order chi connectivity index (χ0) is 15.5. The monoisotopic (exact) mass is 318 g/mol. The van der Waals surface area contributed by atoms with Gasteiger partial charge in [-0.2, -0.15) is 0 Å². The molecule has 0 radical (unpaired) electrons. The number of nitrogens with one attached hydrogen (secondary N) is 2. The molecule has 2 aromatic rings. The van der Waals surface area contributed by atoms with Gasteiger partial charge in [0.05, 0.1) is 22.8 Å². The molecule has 1 atom stereocenters. The Morgan fingerprint density at radius 1 is 1.41 bits per heavy atom. The summed E-state index contributed by atoms with van der Waals surface area (Å²) in [4.78, 5) is 29.9. The zero-order valence-electron chi connectivity index (χ0n) is 12.3. The molecule has 1 aromatic heterocycles. The predicted molar refractivity (Wildman–Crippen MR) is 85.8 cm³/mol. The number of aromatic nitrogens is 1. The number of amides is 3. The molecule has 0 saturated carbocycles. The van der Waals surface area contributed by atoms with E-state index in [1.807, 2.05) is 18.2 Å². The van der Waals surface area contributed by atoms with Gasteiger partial charge in [0.15, 0.2) is 0 Å². The third kappa shape index (κ3) is 3.10. The van der Waals surface area contributed by atoms with Crippen molar-refractivity contribution in [3.63, 3.8) is 0 Å². The van der Waals surface area contributed by atoms with Crippen LogP contribution in [-0.2, 0) is 4.79 Å². The second kappa shape index (κ2) is 6.41. The van der Waals surface area contributed by atoms with Gasteiger partial charge < -0.3 is 5.32 Å². The fourth-order valence-corrected chi connectivity index (χ4v) is 3.88. The topological polar surface area (TPSA) is 74.3 Å². The minimum absolute atomic E-state index is 0.160. The normalized spacial score (nSPS) is 18.5. The molecule has 0 spiro atoms. The number of rotatable bonds is 3. The number of likely N-dealkylation sites (tertiary alicyclic amines) is 1. The first-order valence-electron chi connectivity index (χ1n) is 7.28. The van der Waals surface area contributed by atoms with Gasteiger partial charge in [-0.15, -0.1) is 11.3 Å². The van der Waals surface area contributed by atoms with Crippen LogP contribution in [0.5, 0.6) is 0 Å². The minimum atomic E-state index is -0.472. The number of hydrogen-bond acceptors (Lipinski definition) is 5. The summed E-state index contributed by atoms with van der Waals surface area (Å²) < 4.78 is 1.17. The van der Waals surface area contributed by atoms with Crippen LogP contribution in [0.4, 0.5) is 4.79 Å². The van der Waals surface area contributed by atoms with Gasteiger partial charge in [0.2, 0.25) is 5.91 Å². The van der Waals surface area contributed by atoms with Gasteiger partial charge in [0.25, 0.3) is 0 Å². The molecule has 22 heavy (non-hydrogen) atoms. The average molecular weight is 318 g/mol. The molecule has 1 aromatic carbocycles. The van der Waals surface area contributed by atoms with Gasteiger partial charge in [-0.3, -0.25) is 15.0 Å². The predicted octanol–water partition coefficient (Wildman–Crippen LogP) is 1.89. The van der Waals surface area contributed by atoms with Gasteiger partial charge in [-0.05, 0) is 31.5 Å². The number of thiazole rings is 1. The first-order valence-corrected chi connectivity index (χ1v) is 8.10. The third-order valence-electron chi connectivity index (χ3n) is 3.79. The van der Waals surface area contributed by atoms with Crippen molar-refractivity contribution in [2.24, 2.45) is 0 Å². The molecule has 0 bridgehead atoms. The molecule has 1 fully saturated rings. The van der Waals surface area contributed by atoms with Crippen molar-refractivity contribution in [2.75, 3.05) is 20.1 Å². The van der Waals surface area contributed by atoms with Crippen molar-refractivity contribution in [3.8, 4) is 0 Å². The summed E-state index contributed by atoms with van der Waals surface area (Å²) in [6.07, 6.45) is 2.03. The van der Waals surface area contributed by atoms with E-state index in [-0.39, 0.29) is 18.5 Å². The van der Waals surface area contributed by atoms with Crippen molar-refractivity contribution in [2.45, 2.75) is 18.9 Å². The maximum absolute atomic E-state index is 11.9. The largest absolute Gasteiger partial charge is 0.341 e.